The number of amides is 1. The third-order valence-electron chi connectivity index (χ3n) is 4.76. The summed E-state index contributed by atoms with van der Waals surface area (Å²) in [5, 5.41) is 3.38. The van der Waals surface area contributed by atoms with Crippen molar-refractivity contribution in [3.8, 4) is 0 Å². The number of rotatable bonds is 5. The van der Waals surface area contributed by atoms with Gasteiger partial charge in [-0.15, -0.1) is 11.8 Å². The van der Waals surface area contributed by atoms with Crippen molar-refractivity contribution in [2.75, 3.05) is 25.4 Å². The highest BCUT2D eigenvalue weighted by molar-refractivity contribution is 7.99. The van der Waals surface area contributed by atoms with Crippen LogP contribution in [0.3, 0.4) is 0 Å². The number of carbonyl (C=O) groups is 1. The first-order valence-electron chi connectivity index (χ1n) is 9.13. The predicted octanol–water partition coefficient (Wildman–Crippen LogP) is 2.44. The molecule has 1 amide bonds. The van der Waals surface area contributed by atoms with E-state index in [0.717, 1.165) is 42.3 Å². The van der Waals surface area contributed by atoms with Crippen molar-refractivity contribution in [2.24, 2.45) is 0 Å². The molecule has 0 bridgehead atoms. The van der Waals surface area contributed by atoms with Gasteiger partial charge in [0.25, 0.3) is 0 Å². The van der Waals surface area contributed by atoms with Gasteiger partial charge in [0, 0.05) is 50.2 Å². The molecule has 3 aromatic rings. The predicted molar refractivity (Wildman–Crippen MR) is 108 cm³/mol. The van der Waals surface area contributed by atoms with Crippen LogP contribution >= 0.6 is 11.8 Å². The van der Waals surface area contributed by atoms with Crippen LogP contribution in [0.25, 0.3) is 5.65 Å². The molecule has 3 aromatic heterocycles. The summed E-state index contributed by atoms with van der Waals surface area (Å²) in [6, 6.07) is 8.10. The van der Waals surface area contributed by atoms with Crippen LogP contribution in [0, 0.1) is 6.92 Å². The molecule has 1 unspecified atom stereocenters. The SMILES string of the molecule is Cc1ccc2nc(CSCC(=O)N3CCNCC3c3cccnc3)cn2c1. The number of hydrogen-bond acceptors (Lipinski definition) is 5. The minimum atomic E-state index is 0.0544. The molecule has 0 spiro atoms. The summed E-state index contributed by atoms with van der Waals surface area (Å²) >= 11 is 1.62. The lowest BCUT2D eigenvalue weighted by molar-refractivity contribution is -0.131. The van der Waals surface area contributed by atoms with Crippen LogP contribution in [-0.4, -0.2) is 50.6 Å². The van der Waals surface area contributed by atoms with Crippen molar-refractivity contribution < 1.29 is 4.79 Å². The average molecular weight is 382 g/mol. The number of aryl methyl sites for hydroxylation is 1. The number of nitrogens with zero attached hydrogens (tertiary/aromatic N) is 4. The topological polar surface area (TPSA) is 62.5 Å². The van der Waals surface area contributed by atoms with Crippen molar-refractivity contribution in [1.29, 1.82) is 0 Å². The molecule has 27 heavy (non-hydrogen) atoms. The van der Waals surface area contributed by atoms with Gasteiger partial charge in [0.1, 0.15) is 5.65 Å². The van der Waals surface area contributed by atoms with E-state index in [0.29, 0.717) is 5.75 Å². The van der Waals surface area contributed by atoms with E-state index >= 15 is 0 Å². The molecule has 1 N–H and O–H groups in total. The van der Waals surface area contributed by atoms with E-state index < -0.39 is 0 Å². The zero-order chi connectivity index (χ0) is 18.6. The molecule has 7 heteroatoms. The molecule has 1 fully saturated rings. The Morgan fingerprint density at radius 1 is 1.33 bits per heavy atom. The van der Waals surface area contributed by atoms with Gasteiger partial charge >= 0.3 is 0 Å². The Hall–Kier alpha value is -2.38. The van der Waals surface area contributed by atoms with Crippen molar-refractivity contribution in [3.05, 3.63) is 65.9 Å². The van der Waals surface area contributed by atoms with Crippen molar-refractivity contribution in [2.45, 2.75) is 18.7 Å². The minimum absolute atomic E-state index is 0.0544. The Kier molecular flexibility index (Phi) is 5.40. The fourth-order valence-corrected chi connectivity index (χ4v) is 4.22. The van der Waals surface area contributed by atoms with Crippen LogP contribution < -0.4 is 5.32 Å². The Labute approximate surface area is 163 Å². The summed E-state index contributed by atoms with van der Waals surface area (Å²) in [7, 11) is 0. The van der Waals surface area contributed by atoms with Gasteiger partial charge in [0.05, 0.1) is 17.5 Å². The van der Waals surface area contributed by atoms with Gasteiger partial charge in [-0.05, 0) is 30.2 Å². The lowest BCUT2D eigenvalue weighted by Gasteiger charge is -2.36. The first kappa shape index (κ1) is 18.0. The van der Waals surface area contributed by atoms with Crippen LogP contribution in [0.5, 0.6) is 0 Å². The summed E-state index contributed by atoms with van der Waals surface area (Å²) < 4.78 is 2.04. The molecule has 0 aliphatic carbocycles. The smallest absolute Gasteiger partial charge is 0.233 e. The molecule has 4 rings (SSSR count). The highest BCUT2D eigenvalue weighted by atomic mass is 32.2. The number of piperazine rings is 1. The van der Waals surface area contributed by atoms with Crippen LogP contribution in [0.2, 0.25) is 0 Å². The van der Waals surface area contributed by atoms with E-state index in [1.807, 2.05) is 39.9 Å². The summed E-state index contributed by atoms with van der Waals surface area (Å²) in [6.07, 6.45) is 7.73. The fraction of sp³-hybridized carbons (Fsp3) is 0.350. The minimum Gasteiger partial charge on any atom is -0.332 e. The highest BCUT2D eigenvalue weighted by Gasteiger charge is 2.27. The Balaban J connectivity index is 1.37. The van der Waals surface area contributed by atoms with Gasteiger partial charge in [-0.1, -0.05) is 12.1 Å². The van der Waals surface area contributed by atoms with Gasteiger partial charge in [-0.3, -0.25) is 9.78 Å². The summed E-state index contributed by atoms with van der Waals surface area (Å²) in [5.74, 6) is 1.37. The first-order chi connectivity index (χ1) is 13.2. The molecule has 0 saturated carbocycles. The molecule has 0 radical (unpaired) electrons. The number of carbonyl (C=O) groups excluding carboxylic acids is 1. The molecule has 1 atom stereocenters. The molecule has 1 saturated heterocycles. The lowest BCUT2D eigenvalue weighted by atomic mass is 10.1. The zero-order valence-corrected chi connectivity index (χ0v) is 16.2. The van der Waals surface area contributed by atoms with E-state index in [9.17, 15) is 4.79 Å². The van der Waals surface area contributed by atoms with E-state index in [-0.39, 0.29) is 11.9 Å². The van der Waals surface area contributed by atoms with E-state index in [1.165, 1.54) is 5.56 Å². The molecule has 140 valence electrons. The number of aromatic nitrogens is 3. The van der Waals surface area contributed by atoms with Crippen molar-refractivity contribution >= 4 is 23.3 Å². The second-order valence-electron chi connectivity index (χ2n) is 6.79. The van der Waals surface area contributed by atoms with Crippen molar-refractivity contribution in [3.63, 3.8) is 0 Å². The maximum atomic E-state index is 12.8. The second-order valence-corrected chi connectivity index (χ2v) is 7.78. The molecule has 1 aliphatic heterocycles. The largest absolute Gasteiger partial charge is 0.332 e. The summed E-state index contributed by atoms with van der Waals surface area (Å²) in [4.78, 5) is 23.6. The number of thioether (sulfide) groups is 1. The molecule has 4 heterocycles. The Bertz CT molecular complexity index is 927. The zero-order valence-electron chi connectivity index (χ0n) is 15.3. The standard InChI is InChI=1S/C20H23N5OS/c1-15-4-5-19-23-17(12-24(19)11-15)13-27-14-20(26)25-8-7-22-10-18(25)16-3-2-6-21-9-16/h2-6,9,11-12,18,22H,7-8,10,13-14H2,1H3. The number of nitrogens with one attached hydrogen (secondary N) is 1. The Morgan fingerprint density at radius 2 is 2.26 bits per heavy atom. The summed E-state index contributed by atoms with van der Waals surface area (Å²) in [5.41, 5.74) is 4.23. The maximum absolute atomic E-state index is 12.8. The van der Waals surface area contributed by atoms with E-state index in [4.69, 9.17) is 0 Å². The molecule has 6 nitrogen and oxygen atoms in total. The first-order valence-corrected chi connectivity index (χ1v) is 10.3. The normalized spacial score (nSPS) is 17.4. The molecule has 1 aliphatic rings. The molecular weight excluding hydrogens is 358 g/mol. The van der Waals surface area contributed by atoms with Gasteiger partial charge in [-0.2, -0.15) is 0 Å². The third kappa shape index (κ3) is 4.14. The maximum Gasteiger partial charge on any atom is 0.233 e. The van der Waals surface area contributed by atoms with E-state index in [1.54, 1.807) is 18.0 Å². The van der Waals surface area contributed by atoms with E-state index in [2.05, 4.69) is 34.5 Å². The molecule has 0 aromatic carbocycles. The number of hydrogen-bond donors (Lipinski definition) is 1. The number of imidazole rings is 1. The van der Waals surface area contributed by atoms with Crippen LogP contribution in [-0.2, 0) is 10.5 Å². The van der Waals surface area contributed by atoms with Gasteiger partial charge in [0.15, 0.2) is 0 Å². The number of pyridine rings is 2. The summed E-state index contributed by atoms with van der Waals surface area (Å²) in [6.45, 7) is 4.40. The van der Waals surface area contributed by atoms with Crippen LogP contribution in [0.4, 0.5) is 0 Å². The lowest BCUT2D eigenvalue weighted by Crippen LogP contribution is -2.49. The monoisotopic (exact) mass is 381 g/mol. The third-order valence-corrected chi connectivity index (χ3v) is 5.71. The number of fused-ring (bicyclic) bond motifs is 1. The van der Waals surface area contributed by atoms with Crippen LogP contribution in [0.15, 0.2) is 49.1 Å². The quantitative estimate of drug-likeness (QED) is 0.736. The van der Waals surface area contributed by atoms with Gasteiger partial charge in [-0.25, -0.2) is 4.98 Å². The molecular formula is C20H23N5OS. The van der Waals surface area contributed by atoms with Gasteiger partial charge < -0.3 is 14.6 Å². The fourth-order valence-electron chi connectivity index (χ4n) is 3.42. The van der Waals surface area contributed by atoms with Crippen molar-refractivity contribution in [1.82, 2.24) is 24.6 Å². The Morgan fingerprint density at radius 3 is 3.11 bits per heavy atom. The second kappa shape index (κ2) is 8.10. The van der Waals surface area contributed by atoms with Crippen LogP contribution in [0.1, 0.15) is 22.9 Å². The highest BCUT2D eigenvalue weighted by Crippen LogP contribution is 2.23. The average Bonchev–Trinajstić information content (AvgIpc) is 3.10. The van der Waals surface area contributed by atoms with Gasteiger partial charge in [0.2, 0.25) is 5.91 Å².